The number of hydrogen-bond donors (Lipinski definition) is 1. The molecular formula is C16H18FN3O2S. The fraction of sp³-hybridized carbons (Fsp3) is 0.375. The lowest BCUT2D eigenvalue weighted by molar-refractivity contribution is 0.117. The van der Waals surface area contributed by atoms with Crippen molar-refractivity contribution in [1.82, 2.24) is 9.55 Å². The number of nitrogens with two attached hydrogens (primary N) is 1. The predicted octanol–water partition coefficient (Wildman–Crippen LogP) is 2.38. The van der Waals surface area contributed by atoms with Gasteiger partial charge in [0.1, 0.15) is 17.4 Å². The molecule has 3 unspecified atom stereocenters. The van der Waals surface area contributed by atoms with Crippen LogP contribution in [0.25, 0.3) is 0 Å². The van der Waals surface area contributed by atoms with Crippen molar-refractivity contribution in [1.29, 1.82) is 0 Å². The first-order chi connectivity index (χ1) is 11.1. The van der Waals surface area contributed by atoms with E-state index in [0.717, 1.165) is 5.56 Å². The van der Waals surface area contributed by atoms with E-state index in [2.05, 4.69) is 4.98 Å². The second-order valence-corrected chi connectivity index (χ2v) is 6.87. The van der Waals surface area contributed by atoms with Crippen LogP contribution in [0, 0.1) is 0 Å². The van der Waals surface area contributed by atoms with Crippen molar-refractivity contribution in [2.24, 2.45) is 0 Å². The quantitative estimate of drug-likeness (QED) is 0.908. The van der Waals surface area contributed by atoms with Gasteiger partial charge in [0.25, 0.3) is 0 Å². The molecule has 0 saturated carbocycles. The standard InChI is InChI=1S/C16H18FN3O2S/c17-13-8-12(10-22-9-11-4-2-1-3-5-11)23-15(13)20-7-6-14(18)19-16(20)21/h1-7,12-13,15H,8-10H2,(H2,18,19,21). The number of nitrogens with zero attached hydrogens (tertiary/aromatic N) is 2. The zero-order chi connectivity index (χ0) is 16.2. The molecule has 5 nitrogen and oxygen atoms in total. The van der Waals surface area contributed by atoms with Crippen LogP contribution < -0.4 is 11.4 Å². The number of rotatable bonds is 5. The third kappa shape index (κ3) is 3.92. The molecule has 23 heavy (non-hydrogen) atoms. The Balaban J connectivity index is 1.57. The zero-order valence-electron chi connectivity index (χ0n) is 12.5. The molecule has 0 radical (unpaired) electrons. The summed E-state index contributed by atoms with van der Waals surface area (Å²) in [5.74, 6) is 0.146. The number of halogens is 1. The van der Waals surface area contributed by atoms with Crippen LogP contribution in [-0.4, -0.2) is 27.6 Å². The second-order valence-electron chi connectivity index (χ2n) is 5.44. The number of benzene rings is 1. The molecule has 1 aliphatic heterocycles. The first-order valence-electron chi connectivity index (χ1n) is 7.39. The summed E-state index contributed by atoms with van der Waals surface area (Å²) in [5, 5.41) is -0.552. The lowest BCUT2D eigenvalue weighted by Crippen LogP contribution is -2.28. The van der Waals surface area contributed by atoms with Gasteiger partial charge in [-0.2, -0.15) is 4.98 Å². The van der Waals surface area contributed by atoms with E-state index in [4.69, 9.17) is 10.5 Å². The molecule has 1 saturated heterocycles. The molecule has 3 atom stereocenters. The van der Waals surface area contributed by atoms with Gasteiger partial charge in [0.15, 0.2) is 0 Å². The Morgan fingerprint density at radius 2 is 2.13 bits per heavy atom. The fourth-order valence-electron chi connectivity index (χ4n) is 2.55. The molecule has 122 valence electrons. The summed E-state index contributed by atoms with van der Waals surface area (Å²) in [5.41, 5.74) is 6.03. The highest BCUT2D eigenvalue weighted by Gasteiger charge is 2.37. The van der Waals surface area contributed by atoms with E-state index in [9.17, 15) is 9.18 Å². The van der Waals surface area contributed by atoms with Crippen LogP contribution in [0.4, 0.5) is 10.2 Å². The van der Waals surface area contributed by atoms with Gasteiger partial charge in [-0.1, -0.05) is 30.3 Å². The van der Waals surface area contributed by atoms with Gasteiger partial charge in [0.2, 0.25) is 0 Å². The maximum absolute atomic E-state index is 14.3. The SMILES string of the molecule is Nc1ccn(C2SC(COCc3ccccc3)CC2F)c(=O)n1. The largest absolute Gasteiger partial charge is 0.383 e. The topological polar surface area (TPSA) is 70.1 Å². The predicted molar refractivity (Wildman–Crippen MR) is 88.9 cm³/mol. The first-order valence-corrected chi connectivity index (χ1v) is 8.33. The highest BCUT2D eigenvalue weighted by atomic mass is 32.2. The molecule has 0 aliphatic carbocycles. The van der Waals surface area contributed by atoms with Crippen molar-refractivity contribution in [3.05, 3.63) is 58.6 Å². The molecule has 0 spiro atoms. The lowest BCUT2D eigenvalue weighted by Gasteiger charge is -2.15. The summed E-state index contributed by atoms with van der Waals surface area (Å²) in [7, 11) is 0. The minimum Gasteiger partial charge on any atom is -0.383 e. The van der Waals surface area contributed by atoms with Crippen molar-refractivity contribution in [3.63, 3.8) is 0 Å². The summed E-state index contributed by atoms with van der Waals surface area (Å²) >= 11 is 1.41. The molecule has 1 aromatic heterocycles. The molecule has 2 heterocycles. The van der Waals surface area contributed by atoms with E-state index in [1.807, 2.05) is 30.3 Å². The maximum atomic E-state index is 14.3. The van der Waals surface area contributed by atoms with Crippen molar-refractivity contribution >= 4 is 17.6 Å². The number of hydrogen-bond acceptors (Lipinski definition) is 5. The molecule has 0 amide bonds. The van der Waals surface area contributed by atoms with Crippen molar-refractivity contribution in [2.45, 2.75) is 29.8 Å². The Bertz CT molecular complexity index is 710. The summed E-state index contributed by atoms with van der Waals surface area (Å²) in [6.45, 7) is 0.955. The van der Waals surface area contributed by atoms with Crippen LogP contribution >= 0.6 is 11.8 Å². The number of alkyl halides is 1. The van der Waals surface area contributed by atoms with Crippen LogP contribution in [-0.2, 0) is 11.3 Å². The van der Waals surface area contributed by atoms with Gasteiger partial charge in [0, 0.05) is 11.4 Å². The normalized spacial score (nSPS) is 24.0. The summed E-state index contributed by atoms with van der Waals surface area (Å²) < 4.78 is 21.2. The Hall–Kier alpha value is -1.86. The van der Waals surface area contributed by atoms with Crippen LogP contribution in [0.3, 0.4) is 0 Å². The zero-order valence-corrected chi connectivity index (χ0v) is 13.3. The highest BCUT2D eigenvalue weighted by Crippen LogP contribution is 2.42. The monoisotopic (exact) mass is 335 g/mol. The van der Waals surface area contributed by atoms with E-state index in [0.29, 0.717) is 19.6 Å². The van der Waals surface area contributed by atoms with Crippen LogP contribution in [0.1, 0.15) is 17.4 Å². The van der Waals surface area contributed by atoms with Crippen LogP contribution in [0.2, 0.25) is 0 Å². The highest BCUT2D eigenvalue weighted by molar-refractivity contribution is 8.00. The maximum Gasteiger partial charge on any atom is 0.350 e. The molecule has 1 aliphatic rings. The number of ether oxygens (including phenoxy) is 1. The smallest absolute Gasteiger partial charge is 0.350 e. The van der Waals surface area contributed by atoms with Crippen LogP contribution in [0.5, 0.6) is 0 Å². The van der Waals surface area contributed by atoms with Crippen molar-refractivity contribution < 1.29 is 9.13 Å². The van der Waals surface area contributed by atoms with Gasteiger partial charge >= 0.3 is 5.69 Å². The number of thioether (sulfide) groups is 1. The second kappa shape index (κ2) is 7.14. The average molecular weight is 335 g/mol. The molecule has 2 N–H and O–H groups in total. The van der Waals surface area contributed by atoms with E-state index < -0.39 is 17.2 Å². The number of aromatic nitrogens is 2. The Morgan fingerprint density at radius 1 is 1.35 bits per heavy atom. The number of anilines is 1. The average Bonchev–Trinajstić information content (AvgIpc) is 2.89. The lowest BCUT2D eigenvalue weighted by atomic mass is 10.2. The van der Waals surface area contributed by atoms with Gasteiger partial charge in [-0.05, 0) is 18.1 Å². The van der Waals surface area contributed by atoms with Crippen molar-refractivity contribution in [2.75, 3.05) is 12.3 Å². The number of nitrogen functional groups attached to an aromatic ring is 1. The molecule has 0 bridgehead atoms. The Morgan fingerprint density at radius 3 is 2.87 bits per heavy atom. The Labute approximate surface area is 137 Å². The first kappa shape index (κ1) is 16.0. The van der Waals surface area contributed by atoms with Gasteiger partial charge in [0.05, 0.1) is 13.2 Å². The van der Waals surface area contributed by atoms with Crippen molar-refractivity contribution in [3.8, 4) is 0 Å². The van der Waals surface area contributed by atoms with E-state index in [1.54, 1.807) is 0 Å². The summed E-state index contributed by atoms with van der Waals surface area (Å²) in [6.07, 6.45) is 0.761. The summed E-state index contributed by atoms with van der Waals surface area (Å²) in [4.78, 5) is 15.5. The van der Waals surface area contributed by atoms with Gasteiger partial charge in [-0.25, -0.2) is 9.18 Å². The molecule has 1 aromatic carbocycles. The molecule has 1 fully saturated rings. The van der Waals surface area contributed by atoms with Gasteiger partial charge in [-0.15, -0.1) is 11.8 Å². The summed E-state index contributed by atoms with van der Waals surface area (Å²) in [6, 6.07) is 11.3. The minimum atomic E-state index is -1.10. The fourth-order valence-corrected chi connectivity index (χ4v) is 3.99. The van der Waals surface area contributed by atoms with E-state index >= 15 is 0 Å². The van der Waals surface area contributed by atoms with E-state index in [1.165, 1.54) is 28.6 Å². The van der Waals surface area contributed by atoms with E-state index in [-0.39, 0.29) is 11.1 Å². The third-order valence-corrected chi connectivity index (χ3v) is 5.19. The molecule has 7 heteroatoms. The van der Waals surface area contributed by atoms with Gasteiger partial charge < -0.3 is 10.5 Å². The van der Waals surface area contributed by atoms with Gasteiger partial charge in [-0.3, -0.25) is 4.57 Å². The third-order valence-electron chi connectivity index (χ3n) is 3.67. The molecule has 3 rings (SSSR count). The van der Waals surface area contributed by atoms with Crippen LogP contribution in [0.15, 0.2) is 47.4 Å². The Kier molecular flexibility index (Phi) is 4.97. The molecule has 2 aromatic rings. The molecular weight excluding hydrogens is 317 g/mol. The minimum absolute atomic E-state index is 0.0168.